The normalized spacial score (nSPS) is 25.2. The standard InChI is InChI=1S/C24H28N2O4/c1-14-6-4-5-7-17(14)26-18-10-15-11-21(30-3)20(28)12-24(15,13-25-2)22-16(18)8-9-19(27)23(22)29/h4-9,11,15,18,25-27,29H,10,12-13H2,1-3H3/t15?,18-,24-/m0/s1. The number of aryl methyl sites for hydroxylation is 1. The minimum atomic E-state index is -0.657. The van der Waals surface area contributed by atoms with Crippen LogP contribution in [0.25, 0.3) is 0 Å². The summed E-state index contributed by atoms with van der Waals surface area (Å²) in [5.74, 6) is -0.105. The van der Waals surface area contributed by atoms with Gasteiger partial charge in [-0.1, -0.05) is 24.3 Å². The number of likely N-dealkylation sites (N-methyl/N-ethyl adjacent to an activating group) is 1. The van der Waals surface area contributed by atoms with E-state index in [0.29, 0.717) is 17.9 Å². The van der Waals surface area contributed by atoms with Gasteiger partial charge in [0.1, 0.15) is 0 Å². The molecule has 0 spiro atoms. The summed E-state index contributed by atoms with van der Waals surface area (Å²) in [5, 5.41) is 28.1. The van der Waals surface area contributed by atoms with Crippen LogP contribution >= 0.6 is 0 Å². The number of ether oxygens (including phenoxy) is 1. The van der Waals surface area contributed by atoms with Crippen molar-refractivity contribution in [1.82, 2.24) is 5.32 Å². The van der Waals surface area contributed by atoms with Gasteiger partial charge in [0.25, 0.3) is 0 Å². The van der Waals surface area contributed by atoms with E-state index in [1.807, 2.05) is 50.4 Å². The average Bonchev–Trinajstić information content (AvgIpc) is 2.72. The largest absolute Gasteiger partial charge is 0.504 e. The molecule has 0 heterocycles. The zero-order valence-electron chi connectivity index (χ0n) is 17.5. The van der Waals surface area contributed by atoms with Gasteiger partial charge >= 0.3 is 0 Å². The molecule has 2 aromatic rings. The van der Waals surface area contributed by atoms with Crippen molar-refractivity contribution in [3.05, 3.63) is 64.9 Å². The molecular weight excluding hydrogens is 380 g/mol. The number of carbonyl (C=O) groups is 1. The van der Waals surface area contributed by atoms with E-state index in [2.05, 4.69) is 10.6 Å². The molecule has 158 valence electrons. The lowest BCUT2D eigenvalue weighted by Crippen LogP contribution is -2.51. The van der Waals surface area contributed by atoms with Crippen molar-refractivity contribution in [2.75, 3.05) is 26.0 Å². The van der Waals surface area contributed by atoms with E-state index >= 15 is 0 Å². The third-order valence-corrected chi connectivity index (χ3v) is 6.55. The van der Waals surface area contributed by atoms with Crippen molar-refractivity contribution in [2.24, 2.45) is 5.92 Å². The van der Waals surface area contributed by atoms with Crippen LogP contribution < -0.4 is 10.6 Å². The van der Waals surface area contributed by atoms with Crippen LogP contribution in [0.15, 0.2) is 48.2 Å². The predicted molar refractivity (Wildman–Crippen MR) is 116 cm³/mol. The number of methoxy groups -OCH3 is 1. The van der Waals surface area contributed by atoms with Gasteiger partial charge in [0.05, 0.1) is 13.2 Å². The highest BCUT2D eigenvalue weighted by Gasteiger charge is 2.52. The van der Waals surface area contributed by atoms with E-state index in [4.69, 9.17) is 4.74 Å². The molecule has 0 radical (unpaired) electrons. The van der Waals surface area contributed by atoms with Crippen molar-refractivity contribution in [2.45, 2.75) is 31.2 Å². The number of aromatic hydroxyl groups is 2. The fourth-order valence-corrected chi connectivity index (χ4v) is 5.14. The number of nitrogens with one attached hydrogen (secondary N) is 2. The SMILES string of the molecule is CNC[C@@]12CC(=O)C(OC)=CC1C[C@H](Nc1ccccc1C)c1ccc(O)c(O)c12. The first-order chi connectivity index (χ1) is 14.4. The van der Waals surface area contributed by atoms with Gasteiger partial charge in [0, 0.05) is 29.6 Å². The van der Waals surface area contributed by atoms with Crippen LogP contribution in [0.4, 0.5) is 5.69 Å². The number of allylic oxidation sites excluding steroid dienone is 2. The smallest absolute Gasteiger partial charge is 0.197 e. The maximum Gasteiger partial charge on any atom is 0.197 e. The molecule has 0 aliphatic heterocycles. The number of hydrogen-bond donors (Lipinski definition) is 4. The summed E-state index contributed by atoms with van der Waals surface area (Å²) >= 11 is 0. The molecule has 30 heavy (non-hydrogen) atoms. The van der Waals surface area contributed by atoms with Crippen LogP contribution in [-0.4, -0.2) is 36.7 Å². The Kier molecular flexibility index (Phi) is 5.20. The molecule has 4 N–H and O–H groups in total. The second-order valence-corrected chi connectivity index (χ2v) is 8.27. The van der Waals surface area contributed by atoms with E-state index in [-0.39, 0.29) is 35.7 Å². The van der Waals surface area contributed by atoms with Gasteiger partial charge in [0.2, 0.25) is 0 Å². The number of ketones is 1. The van der Waals surface area contributed by atoms with Gasteiger partial charge in [-0.2, -0.15) is 0 Å². The first-order valence-corrected chi connectivity index (χ1v) is 10.2. The zero-order chi connectivity index (χ0) is 21.5. The Hall–Kier alpha value is -2.99. The summed E-state index contributed by atoms with van der Waals surface area (Å²) in [6.07, 6.45) is 2.83. The minimum absolute atomic E-state index is 0.0562. The van der Waals surface area contributed by atoms with Crippen molar-refractivity contribution in [3.63, 3.8) is 0 Å². The number of phenols is 2. The molecular formula is C24H28N2O4. The number of anilines is 1. The number of rotatable bonds is 5. The highest BCUT2D eigenvalue weighted by molar-refractivity contribution is 5.96. The summed E-state index contributed by atoms with van der Waals surface area (Å²) in [5.41, 5.74) is 3.03. The molecule has 3 atom stereocenters. The molecule has 6 nitrogen and oxygen atoms in total. The van der Waals surface area contributed by atoms with Gasteiger partial charge in [-0.25, -0.2) is 0 Å². The van der Waals surface area contributed by atoms with Gasteiger partial charge in [-0.3, -0.25) is 4.79 Å². The Bertz CT molecular complexity index is 1020. The van der Waals surface area contributed by atoms with Crippen molar-refractivity contribution < 1.29 is 19.7 Å². The molecule has 0 amide bonds. The van der Waals surface area contributed by atoms with Crippen LogP contribution in [0.2, 0.25) is 0 Å². The Labute approximate surface area is 176 Å². The number of Topliss-reactive ketones (excluding diaryl/α,β-unsaturated/α-hetero) is 1. The van der Waals surface area contributed by atoms with Crippen LogP contribution in [0.1, 0.15) is 35.6 Å². The average molecular weight is 408 g/mol. The maximum atomic E-state index is 12.8. The molecule has 0 aromatic heterocycles. The van der Waals surface area contributed by atoms with Crippen molar-refractivity contribution >= 4 is 11.5 Å². The molecule has 0 fully saturated rings. The molecule has 1 unspecified atom stereocenters. The second-order valence-electron chi connectivity index (χ2n) is 8.27. The molecule has 4 rings (SSSR count). The number of carbonyl (C=O) groups excluding carboxylic acids is 1. The van der Waals surface area contributed by atoms with Crippen molar-refractivity contribution in [3.8, 4) is 11.5 Å². The zero-order valence-corrected chi connectivity index (χ0v) is 17.5. The summed E-state index contributed by atoms with van der Waals surface area (Å²) in [6, 6.07) is 11.4. The van der Waals surface area contributed by atoms with Crippen LogP contribution in [-0.2, 0) is 14.9 Å². The summed E-state index contributed by atoms with van der Waals surface area (Å²) in [7, 11) is 3.35. The monoisotopic (exact) mass is 408 g/mol. The van der Waals surface area contributed by atoms with E-state index in [1.165, 1.54) is 13.2 Å². The lowest BCUT2D eigenvalue weighted by molar-refractivity contribution is -0.121. The second kappa shape index (κ2) is 7.69. The predicted octanol–water partition coefficient (Wildman–Crippen LogP) is 3.54. The number of fused-ring (bicyclic) bond motifs is 3. The fraction of sp³-hybridized carbons (Fsp3) is 0.375. The Morgan fingerprint density at radius 3 is 2.67 bits per heavy atom. The molecule has 0 bridgehead atoms. The van der Waals surface area contributed by atoms with Gasteiger partial charge in [-0.05, 0) is 55.6 Å². The number of para-hydroxylation sites is 1. The highest BCUT2D eigenvalue weighted by Crippen LogP contribution is 2.56. The van der Waals surface area contributed by atoms with Crippen LogP contribution in [0, 0.1) is 12.8 Å². The van der Waals surface area contributed by atoms with E-state index in [1.54, 1.807) is 0 Å². The summed E-state index contributed by atoms with van der Waals surface area (Å²) in [4.78, 5) is 12.8. The number of benzene rings is 2. The van der Waals surface area contributed by atoms with Crippen LogP contribution in [0.5, 0.6) is 11.5 Å². The first kappa shape index (κ1) is 20.3. The molecule has 0 saturated heterocycles. The topological polar surface area (TPSA) is 90.8 Å². The molecule has 0 saturated carbocycles. The van der Waals surface area contributed by atoms with E-state index in [0.717, 1.165) is 23.2 Å². The quantitative estimate of drug-likeness (QED) is 0.566. The lowest BCUT2D eigenvalue weighted by atomic mass is 9.57. The van der Waals surface area contributed by atoms with Gasteiger partial charge in [-0.15, -0.1) is 0 Å². The first-order valence-electron chi connectivity index (χ1n) is 10.2. The highest BCUT2D eigenvalue weighted by atomic mass is 16.5. The molecule has 2 aliphatic carbocycles. The van der Waals surface area contributed by atoms with Gasteiger partial charge < -0.3 is 25.6 Å². The fourth-order valence-electron chi connectivity index (χ4n) is 5.14. The van der Waals surface area contributed by atoms with E-state index in [9.17, 15) is 15.0 Å². The Balaban J connectivity index is 1.90. The summed E-state index contributed by atoms with van der Waals surface area (Å²) < 4.78 is 5.35. The van der Waals surface area contributed by atoms with Crippen LogP contribution in [0.3, 0.4) is 0 Å². The number of phenolic OH excluding ortho intramolecular Hbond substituents is 2. The molecule has 2 aliphatic rings. The third-order valence-electron chi connectivity index (χ3n) is 6.55. The maximum absolute atomic E-state index is 12.8. The van der Waals surface area contributed by atoms with E-state index < -0.39 is 5.41 Å². The van der Waals surface area contributed by atoms with Crippen molar-refractivity contribution in [1.29, 1.82) is 0 Å². The number of hydrogen-bond acceptors (Lipinski definition) is 6. The Morgan fingerprint density at radius 1 is 1.20 bits per heavy atom. The summed E-state index contributed by atoms with van der Waals surface area (Å²) in [6.45, 7) is 2.55. The lowest BCUT2D eigenvalue weighted by Gasteiger charge is -2.49. The van der Waals surface area contributed by atoms with Gasteiger partial charge in [0.15, 0.2) is 23.0 Å². The Morgan fingerprint density at radius 2 is 1.97 bits per heavy atom. The third kappa shape index (κ3) is 3.12. The minimum Gasteiger partial charge on any atom is -0.504 e. The molecule has 6 heteroatoms. The molecule has 2 aromatic carbocycles.